The lowest BCUT2D eigenvalue weighted by molar-refractivity contribution is -0.121. The molecule has 1 aromatic heterocycles. The van der Waals surface area contributed by atoms with Crippen molar-refractivity contribution in [3.8, 4) is 11.5 Å². The standard InChI is InChI=1S/C24H32FN3O5/c1-16-26-23(33-27-16)5-3-2-4-20(29)12-18(14-28-9-8-19(25)15-28)24(30)17-6-7-21-22(13-17)32-11-10-31-21/h6-7,13,18-19,24,30H,2-5,8-12,14-15H2,1H3/t18-,19-,24-/m1/s1. The number of nitrogens with zero attached hydrogens (tertiary/aromatic N) is 3. The number of likely N-dealkylation sites (tertiary alicyclic amines) is 1. The zero-order chi connectivity index (χ0) is 23.2. The van der Waals surface area contributed by atoms with Gasteiger partial charge in [-0.05, 0) is 43.9 Å². The Bertz CT molecular complexity index is 937. The molecule has 1 fully saturated rings. The van der Waals surface area contributed by atoms with Crippen LogP contribution in [0.4, 0.5) is 4.39 Å². The second-order valence-electron chi connectivity index (χ2n) is 8.94. The second-order valence-corrected chi connectivity index (χ2v) is 8.94. The van der Waals surface area contributed by atoms with E-state index >= 15 is 0 Å². The summed E-state index contributed by atoms with van der Waals surface area (Å²) < 4.78 is 30.0. The van der Waals surface area contributed by atoms with E-state index in [2.05, 4.69) is 10.1 Å². The number of ether oxygens (including phenoxy) is 2. The summed E-state index contributed by atoms with van der Waals surface area (Å²) in [5, 5.41) is 15.0. The van der Waals surface area contributed by atoms with Crippen LogP contribution in [0.3, 0.4) is 0 Å². The second kappa shape index (κ2) is 11.1. The molecule has 4 rings (SSSR count). The number of ketones is 1. The molecule has 8 nitrogen and oxygen atoms in total. The van der Waals surface area contributed by atoms with Gasteiger partial charge >= 0.3 is 0 Å². The monoisotopic (exact) mass is 461 g/mol. The number of unbranched alkanes of at least 4 members (excludes halogenated alkanes) is 1. The average molecular weight is 462 g/mol. The fourth-order valence-corrected chi connectivity index (χ4v) is 4.51. The van der Waals surface area contributed by atoms with E-state index in [1.165, 1.54) is 0 Å². The van der Waals surface area contributed by atoms with Crippen LogP contribution >= 0.6 is 0 Å². The normalized spacial score (nSPS) is 20.0. The summed E-state index contributed by atoms with van der Waals surface area (Å²) >= 11 is 0. The molecule has 0 radical (unpaired) electrons. The molecule has 0 spiro atoms. The van der Waals surface area contributed by atoms with Crippen molar-refractivity contribution in [1.82, 2.24) is 15.0 Å². The van der Waals surface area contributed by atoms with Crippen molar-refractivity contribution in [3.63, 3.8) is 0 Å². The van der Waals surface area contributed by atoms with Gasteiger partial charge in [-0.2, -0.15) is 4.98 Å². The number of benzene rings is 1. The van der Waals surface area contributed by atoms with Crippen molar-refractivity contribution in [2.75, 3.05) is 32.8 Å². The van der Waals surface area contributed by atoms with E-state index in [9.17, 15) is 14.3 Å². The zero-order valence-electron chi connectivity index (χ0n) is 19.0. The van der Waals surface area contributed by atoms with Crippen LogP contribution in [-0.4, -0.2) is 65.0 Å². The van der Waals surface area contributed by atoms with Gasteiger partial charge < -0.3 is 19.1 Å². The third-order valence-corrected chi connectivity index (χ3v) is 6.22. The minimum atomic E-state index is -0.857. The molecule has 1 saturated heterocycles. The SMILES string of the molecule is Cc1noc(CCCCC(=O)C[C@H](CN2CC[C@@H](F)C2)[C@H](O)c2ccc3c(c2)OCCO3)n1. The van der Waals surface area contributed by atoms with Gasteiger partial charge in [-0.1, -0.05) is 11.2 Å². The number of hydrogen-bond donors (Lipinski definition) is 1. The minimum absolute atomic E-state index is 0.0919. The number of fused-ring (bicyclic) bond motifs is 1. The van der Waals surface area contributed by atoms with Crippen molar-refractivity contribution in [2.24, 2.45) is 5.92 Å². The third kappa shape index (κ3) is 6.51. The predicted octanol–water partition coefficient (Wildman–Crippen LogP) is 3.21. The quantitative estimate of drug-likeness (QED) is 0.510. The van der Waals surface area contributed by atoms with Crippen molar-refractivity contribution in [3.05, 3.63) is 35.5 Å². The summed E-state index contributed by atoms with van der Waals surface area (Å²) in [7, 11) is 0. The lowest BCUT2D eigenvalue weighted by Gasteiger charge is -2.28. The van der Waals surface area contributed by atoms with Crippen LogP contribution in [0.2, 0.25) is 0 Å². The van der Waals surface area contributed by atoms with E-state index in [0.29, 0.717) is 87.3 Å². The van der Waals surface area contributed by atoms with E-state index in [1.807, 2.05) is 11.0 Å². The van der Waals surface area contributed by atoms with Crippen molar-refractivity contribution >= 4 is 5.78 Å². The number of carbonyl (C=O) groups excluding carboxylic acids is 1. The highest BCUT2D eigenvalue weighted by Gasteiger charge is 2.30. The topological polar surface area (TPSA) is 97.9 Å². The van der Waals surface area contributed by atoms with Gasteiger partial charge in [0.2, 0.25) is 5.89 Å². The molecule has 3 atom stereocenters. The third-order valence-electron chi connectivity index (χ3n) is 6.22. The number of aromatic nitrogens is 2. The Morgan fingerprint density at radius 3 is 2.82 bits per heavy atom. The molecular weight excluding hydrogens is 429 g/mol. The fourth-order valence-electron chi connectivity index (χ4n) is 4.51. The molecule has 0 aliphatic carbocycles. The molecule has 0 saturated carbocycles. The Morgan fingerprint density at radius 2 is 2.09 bits per heavy atom. The van der Waals surface area contributed by atoms with Gasteiger partial charge in [0.1, 0.15) is 25.2 Å². The average Bonchev–Trinajstić information content (AvgIpc) is 3.42. The van der Waals surface area contributed by atoms with Crippen molar-refractivity contribution in [1.29, 1.82) is 0 Å². The number of halogens is 1. The van der Waals surface area contributed by atoms with E-state index < -0.39 is 12.3 Å². The minimum Gasteiger partial charge on any atom is -0.486 e. The summed E-state index contributed by atoms with van der Waals surface area (Å²) in [6, 6.07) is 5.38. The van der Waals surface area contributed by atoms with E-state index in [0.717, 1.165) is 6.42 Å². The van der Waals surface area contributed by atoms with Crippen LogP contribution in [0.25, 0.3) is 0 Å². The van der Waals surface area contributed by atoms with Gasteiger partial charge in [0.15, 0.2) is 17.3 Å². The maximum Gasteiger partial charge on any atom is 0.226 e. The molecule has 0 amide bonds. The Balaban J connectivity index is 1.35. The number of hydrogen-bond acceptors (Lipinski definition) is 8. The van der Waals surface area contributed by atoms with Crippen LogP contribution in [0.1, 0.15) is 55.5 Å². The largest absolute Gasteiger partial charge is 0.486 e. The lowest BCUT2D eigenvalue weighted by atomic mass is 9.89. The molecule has 3 heterocycles. The molecule has 2 aliphatic heterocycles. The summed E-state index contributed by atoms with van der Waals surface area (Å²) in [5.74, 6) is 2.21. The lowest BCUT2D eigenvalue weighted by Crippen LogP contribution is -2.32. The van der Waals surface area contributed by atoms with Gasteiger partial charge in [-0.15, -0.1) is 0 Å². The van der Waals surface area contributed by atoms with Crippen LogP contribution in [-0.2, 0) is 11.2 Å². The molecule has 180 valence electrons. The first-order valence-electron chi connectivity index (χ1n) is 11.7. The maximum atomic E-state index is 13.7. The highest BCUT2D eigenvalue weighted by molar-refractivity contribution is 5.78. The van der Waals surface area contributed by atoms with Gasteiger partial charge in [-0.3, -0.25) is 9.69 Å². The number of Topliss-reactive ketones (excluding diaryl/α,β-unsaturated/α-hetero) is 1. The molecule has 0 bridgehead atoms. The van der Waals surface area contributed by atoms with E-state index in [4.69, 9.17) is 14.0 Å². The highest BCUT2D eigenvalue weighted by Crippen LogP contribution is 2.36. The molecule has 33 heavy (non-hydrogen) atoms. The number of aliphatic hydroxyl groups excluding tert-OH is 1. The molecule has 2 aliphatic rings. The van der Waals surface area contributed by atoms with Gasteiger partial charge in [0.25, 0.3) is 0 Å². The van der Waals surface area contributed by atoms with Crippen LogP contribution in [0.5, 0.6) is 11.5 Å². The van der Waals surface area contributed by atoms with Gasteiger partial charge in [0.05, 0.1) is 6.10 Å². The van der Waals surface area contributed by atoms with Crippen molar-refractivity contribution in [2.45, 2.75) is 57.7 Å². The first-order chi connectivity index (χ1) is 16.0. The molecule has 1 aromatic carbocycles. The fraction of sp³-hybridized carbons (Fsp3) is 0.625. The summed E-state index contributed by atoms with van der Waals surface area (Å²) in [6.07, 6.45) is 1.58. The zero-order valence-corrected chi connectivity index (χ0v) is 19.0. The van der Waals surface area contributed by atoms with Crippen LogP contribution in [0.15, 0.2) is 22.7 Å². The summed E-state index contributed by atoms with van der Waals surface area (Å²) in [5.41, 5.74) is 0.680. The molecule has 9 heteroatoms. The predicted molar refractivity (Wildman–Crippen MR) is 118 cm³/mol. The highest BCUT2D eigenvalue weighted by atomic mass is 19.1. The van der Waals surface area contributed by atoms with Crippen LogP contribution < -0.4 is 9.47 Å². The Labute approximate surface area is 193 Å². The first kappa shape index (κ1) is 23.6. The first-order valence-corrected chi connectivity index (χ1v) is 11.7. The van der Waals surface area contributed by atoms with Crippen LogP contribution in [0, 0.1) is 12.8 Å². The van der Waals surface area contributed by atoms with Crippen molar-refractivity contribution < 1.29 is 28.3 Å². The maximum absolute atomic E-state index is 13.7. The number of alkyl halides is 1. The van der Waals surface area contributed by atoms with Gasteiger partial charge in [-0.25, -0.2) is 4.39 Å². The van der Waals surface area contributed by atoms with Gasteiger partial charge in [0, 0.05) is 44.8 Å². The molecule has 0 unspecified atom stereocenters. The van der Waals surface area contributed by atoms with E-state index in [-0.39, 0.29) is 18.1 Å². The summed E-state index contributed by atoms with van der Waals surface area (Å²) in [6.45, 7) is 4.20. The number of rotatable bonds is 11. The summed E-state index contributed by atoms with van der Waals surface area (Å²) in [4.78, 5) is 19.0. The smallest absolute Gasteiger partial charge is 0.226 e. The molecule has 1 N–H and O–H groups in total. The molecule has 2 aromatic rings. The number of carbonyl (C=O) groups is 1. The Kier molecular flexibility index (Phi) is 7.93. The van der Waals surface area contributed by atoms with E-state index in [1.54, 1.807) is 19.1 Å². The molecular formula is C24H32FN3O5. The Morgan fingerprint density at radius 1 is 1.27 bits per heavy atom. The Hall–Kier alpha value is -2.52. The number of aryl methyl sites for hydroxylation is 2. The number of aliphatic hydroxyl groups is 1.